The predicted molar refractivity (Wildman–Crippen MR) is 109 cm³/mol. The number of nitrogens with one attached hydrogen (secondary N) is 1. The molecule has 0 aliphatic heterocycles. The Morgan fingerprint density at radius 2 is 1.79 bits per heavy atom. The van der Waals surface area contributed by atoms with Crippen LogP contribution in [0.15, 0.2) is 42.5 Å². The molecule has 0 bridgehead atoms. The minimum Gasteiger partial charge on any atom is -0.465 e. The van der Waals surface area contributed by atoms with Crippen LogP contribution in [0, 0.1) is 12.7 Å². The van der Waals surface area contributed by atoms with Gasteiger partial charge < -0.3 is 10.1 Å². The number of amides is 1. The summed E-state index contributed by atoms with van der Waals surface area (Å²) >= 11 is 0. The number of sulfonamides is 1. The number of halogens is 1. The standard InChI is InChI=1S/C20H23FN2O5S/c1-5-18(23(29(4,26)27)16-10-8-15(21)9-11-16)19(24)22-17-12-14(20(25)28-3)7-6-13(17)2/h6-12,18H,5H2,1-4H3,(H,22,24)/t18-/m0/s1. The summed E-state index contributed by atoms with van der Waals surface area (Å²) < 4.78 is 43.7. The number of hydrogen-bond acceptors (Lipinski definition) is 5. The Balaban J connectivity index is 2.40. The maximum atomic E-state index is 13.3. The van der Waals surface area contributed by atoms with Gasteiger partial charge in [-0.05, 0) is 55.3 Å². The molecule has 0 radical (unpaired) electrons. The van der Waals surface area contributed by atoms with E-state index in [9.17, 15) is 22.4 Å². The van der Waals surface area contributed by atoms with Gasteiger partial charge in [-0.3, -0.25) is 9.10 Å². The molecule has 2 rings (SSSR count). The summed E-state index contributed by atoms with van der Waals surface area (Å²) in [6.45, 7) is 3.41. The molecule has 0 aliphatic rings. The van der Waals surface area contributed by atoms with Gasteiger partial charge in [-0.1, -0.05) is 13.0 Å². The SMILES string of the molecule is CC[C@@H](C(=O)Nc1cc(C(=O)OC)ccc1C)N(c1ccc(F)cc1)S(C)(=O)=O. The van der Waals surface area contributed by atoms with E-state index in [2.05, 4.69) is 10.1 Å². The van der Waals surface area contributed by atoms with Crippen LogP contribution in [-0.4, -0.2) is 39.7 Å². The van der Waals surface area contributed by atoms with Crippen molar-refractivity contribution in [1.29, 1.82) is 0 Å². The minimum absolute atomic E-state index is 0.173. The van der Waals surface area contributed by atoms with Gasteiger partial charge in [-0.2, -0.15) is 0 Å². The van der Waals surface area contributed by atoms with Crippen molar-refractivity contribution in [3.8, 4) is 0 Å². The first-order valence-corrected chi connectivity index (χ1v) is 10.7. The van der Waals surface area contributed by atoms with Gasteiger partial charge in [0, 0.05) is 5.69 Å². The smallest absolute Gasteiger partial charge is 0.337 e. The third kappa shape index (κ3) is 5.32. The molecular formula is C20H23FN2O5S. The molecule has 9 heteroatoms. The van der Waals surface area contributed by atoms with Crippen molar-refractivity contribution in [2.75, 3.05) is 23.0 Å². The quantitative estimate of drug-likeness (QED) is 0.692. The lowest BCUT2D eigenvalue weighted by molar-refractivity contribution is -0.117. The van der Waals surface area contributed by atoms with Crippen molar-refractivity contribution in [3.63, 3.8) is 0 Å². The van der Waals surface area contributed by atoms with Gasteiger partial charge in [0.1, 0.15) is 11.9 Å². The van der Waals surface area contributed by atoms with E-state index in [0.717, 1.165) is 22.7 Å². The number of rotatable bonds is 7. The van der Waals surface area contributed by atoms with Gasteiger partial charge in [0.05, 0.1) is 24.6 Å². The largest absolute Gasteiger partial charge is 0.465 e. The van der Waals surface area contributed by atoms with Crippen LogP contribution in [0.5, 0.6) is 0 Å². The average molecular weight is 422 g/mol. The third-order valence-corrected chi connectivity index (χ3v) is 5.51. The zero-order valence-corrected chi connectivity index (χ0v) is 17.4. The number of esters is 1. The lowest BCUT2D eigenvalue weighted by Crippen LogP contribution is -2.47. The van der Waals surface area contributed by atoms with E-state index in [1.54, 1.807) is 26.0 Å². The number of nitrogens with zero attached hydrogens (tertiary/aromatic N) is 1. The van der Waals surface area contributed by atoms with E-state index in [-0.39, 0.29) is 17.7 Å². The Morgan fingerprint density at radius 3 is 2.31 bits per heavy atom. The summed E-state index contributed by atoms with van der Waals surface area (Å²) in [7, 11) is -2.59. The average Bonchev–Trinajstić information content (AvgIpc) is 2.67. The molecule has 156 valence electrons. The molecule has 0 aromatic heterocycles. The molecule has 1 atom stereocenters. The van der Waals surface area contributed by atoms with Crippen LogP contribution in [0.2, 0.25) is 0 Å². The minimum atomic E-state index is -3.84. The van der Waals surface area contributed by atoms with Crippen molar-refractivity contribution < 1.29 is 27.1 Å². The van der Waals surface area contributed by atoms with Crippen LogP contribution in [0.25, 0.3) is 0 Å². The Morgan fingerprint density at radius 1 is 1.17 bits per heavy atom. The van der Waals surface area contributed by atoms with E-state index < -0.39 is 33.8 Å². The van der Waals surface area contributed by atoms with Crippen LogP contribution in [0.4, 0.5) is 15.8 Å². The molecule has 0 aliphatic carbocycles. The zero-order valence-electron chi connectivity index (χ0n) is 16.6. The van der Waals surface area contributed by atoms with Crippen molar-refractivity contribution >= 4 is 33.3 Å². The van der Waals surface area contributed by atoms with Crippen molar-refractivity contribution in [2.24, 2.45) is 0 Å². The molecule has 2 aromatic rings. The Kier molecular flexibility index (Phi) is 6.97. The maximum Gasteiger partial charge on any atom is 0.337 e. The summed E-state index contributed by atoms with van der Waals surface area (Å²) in [5.74, 6) is -1.65. The van der Waals surface area contributed by atoms with Gasteiger partial charge in [-0.25, -0.2) is 17.6 Å². The van der Waals surface area contributed by atoms with Crippen LogP contribution in [0.1, 0.15) is 29.3 Å². The lowest BCUT2D eigenvalue weighted by Gasteiger charge is -2.30. The normalized spacial score (nSPS) is 12.2. The molecular weight excluding hydrogens is 399 g/mol. The second-order valence-electron chi connectivity index (χ2n) is 6.47. The molecule has 0 fully saturated rings. The summed E-state index contributed by atoms with van der Waals surface area (Å²) in [5, 5.41) is 2.69. The molecule has 2 aromatic carbocycles. The highest BCUT2D eigenvalue weighted by molar-refractivity contribution is 7.92. The molecule has 7 nitrogen and oxygen atoms in total. The van der Waals surface area contributed by atoms with Crippen LogP contribution in [-0.2, 0) is 19.6 Å². The molecule has 0 spiro atoms. The fourth-order valence-corrected chi connectivity index (χ4v) is 4.08. The lowest BCUT2D eigenvalue weighted by atomic mass is 10.1. The second-order valence-corrected chi connectivity index (χ2v) is 8.33. The molecule has 0 saturated heterocycles. The Labute approximate surface area is 169 Å². The fraction of sp³-hybridized carbons (Fsp3) is 0.300. The third-order valence-electron chi connectivity index (χ3n) is 4.33. The van der Waals surface area contributed by atoms with Crippen molar-refractivity contribution in [2.45, 2.75) is 26.3 Å². The highest BCUT2D eigenvalue weighted by atomic mass is 32.2. The summed E-state index contributed by atoms with van der Waals surface area (Å²) in [6.07, 6.45) is 1.15. The number of benzene rings is 2. The summed E-state index contributed by atoms with van der Waals surface area (Å²) in [5.41, 5.74) is 1.48. The molecule has 1 amide bonds. The van der Waals surface area contributed by atoms with Gasteiger partial charge in [-0.15, -0.1) is 0 Å². The fourth-order valence-electron chi connectivity index (χ4n) is 2.87. The Hall–Kier alpha value is -2.94. The number of aryl methyl sites for hydroxylation is 1. The van der Waals surface area contributed by atoms with E-state index in [4.69, 9.17) is 0 Å². The number of carbonyl (C=O) groups excluding carboxylic acids is 2. The van der Waals surface area contributed by atoms with Gasteiger partial charge in [0.2, 0.25) is 15.9 Å². The van der Waals surface area contributed by atoms with E-state index in [1.807, 2.05) is 0 Å². The topological polar surface area (TPSA) is 92.8 Å². The Bertz CT molecular complexity index is 1010. The number of methoxy groups -OCH3 is 1. The van der Waals surface area contributed by atoms with E-state index in [1.165, 1.54) is 25.3 Å². The molecule has 29 heavy (non-hydrogen) atoms. The van der Waals surface area contributed by atoms with Crippen LogP contribution < -0.4 is 9.62 Å². The first-order valence-electron chi connectivity index (χ1n) is 8.83. The first kappa shape index (κ1) is 22.4. The van der Waals surface area contributed by atoms with Gasteiger partial charge in [0.25, 0.3) is 0 Å². The molecule has 0 saturated carbocycles. The highest BCUT2D eigenvalue weighted by Gasteiger charge is 2.31. The number of ether oxygens (including phenoxy) is 1. The zero-order chi connectivity index (χ0) is 21.8. The van der Waals surface area contributed by atoms with E-state index >= 15 is 0 Å². The molecule has 1 N–H and O–H groups in total. The highest BCUT2D eigenvalue weighted by Crippen LogP contribution is 2.25. The number of hydrogen-bond donors (Lipinski definition) is 1. The van der Waals surface area contributed by atoms with Gasteiger partial charge in [0.15, 0.2) is 0 Å². The predicted octanol–water partition coefficient (Wildman–Crippen LogP) is 3.10. The van der Waals surface area contributed by atoms with Gasteiger partial charge >= 0.3 is 5.97 Å². The van der Waals surface area contributed by atoms with E-state index in [0.29, 0.717) is 11.3 Å². The molecule has 0 unspecified atom stereocenters. The van der Waals surface area contributed by atoms with Crippen molar-refractivity contribution in [1.82, 2.24) is 0 Å². The van der Waals surface area contributed by atoms with Crippen LogP contribution in [0.3, 0.4) is 0 Å². The van der Waals surface area contributed by atoms with Crippen molar-refractivity contribution in [3.05, 3.63) is 59.4 Å². The monoisotopic (exact) mass is 422 g/mol. The first-order chi connectivity index (χ1) is 13.6. The maximum absolute atomic E-state index is 13.3. The summed E-state index contributed by atoms with van der Waals surface area (Å²) in [4.78, 5) is 24.7. The second kappa shape index (κ2) is 9.04. The number of anilines is 2. The number of carbonyl (C=O) groups is 2. The molecule has 0 heterocycles. The van der Waals surface area contributed by atoms with Crippen LogP contribution >= 0.6 is 0 Å². The summed E-state index contributed by atoms with van der Waals surface area (Å²) in [6, 6.07) is 8.47.